The molecule has 0 atom stereocenters. The van der Waals surface area contributed by atoms with Gasteiger partial charge in [0.2, 0.25) is 11.8 Å². The highest BCUT2D eigenvalue weighted by Gasteiger charge is 2.09. The third kappa shape index (κ3) is 7.57. The van der Waals surface area contributed by atoms with Crippen molar-refractivity contribution in [1.82, 2.24) is 9.78 Å². The number of anilines is 2. The largest absolute Gasteiger partial charge is 0.497 e. The van der Waals surface area contributed by atoms with Gasteiger partial charge in [0.25, 0.3) is 0 Å². The minimum atomic E-state index is -0.231. The molecular weight excluding hydrogens is 424 g/mol. The van der Waals surface area contributed by atoms with Crippen molar-refractivity contribution < 1.29 is 23.8 Å². The summed E-state index contributed by atoms with van der Waals surface area (Å²) in [5.41, 5.74) is 1.19. The molecule has 0 spiro atoms. The fourth-order valence-electron chi connectivity index (χ4n) is 3.02. The van der Waals surface area contributed by atoms with E-state index in [-0.39, 0.29) is 18.4 Å². The molecule has 2 aromatic carbocycles. The van der Waals surface area contributed by atoms with Crippen molar-refractivity contribution in [3.63, 3.8) is 0 Å². The van der Waals surface area contributed by atoms with Gasteiger partial charge in [-0.05, 0) is 49.7 Å². The van der Waals surface area contributed by atoms with Gasteiger partial charge in [-0.15, -0.1) is 0 Å². The van der Waals surface area contributed by atoms with E-state index in [1.807, 2.05) is 31.2 Å². The van der Waals surface area contributed by atoms with Gasteiger partial charge < -0.3 is 24.8 Å². The van der Waals surface area contributed by atoms with Crippen LogP contribution in [0, 0.1) is 0 Å². The highest BCUT2D eigenvalue weighted by Crippen LogP contribution is 2.26. The zero-order chi connectivity index (χ0) is 23.5. The van der Waals surface area contributed by atoms with Crippen LogP contribution in [-0.2, 0) is 16.1 Å². The van der Waals surface area contributed by atoms with E-state index in [0.717, 1.165) is 0 Å². The number of hydrogen-bond acceptors (Lipinski definition) is 6. The van der Waals surface area contributed by atoms with Gasteiger partial charge in [0.1, 0.15) is 12.3 Å². The van der Waals surface area contributed by atoms with Gasteiger partial charge in [-0.3, -0.25) is 14.3 Å². The Morgan fingerprint density at radius 1 is 0.939 bits per heavy atom. The summed E-state index contributed by atoms with van der Waals surface area (Å²) < 4.78 is 17.8. The molecule has 0 saturated heterocycles. The van der Waals surface area contributed by atoms with Gasteiger partial charge in [0, 0.05) is 18.3 Å². The van der Waals surface area contributed by atoms with E-state index >= 15 is 0 Å². The maximum atomic E-state index is 12.2. The zero-order valence-corrected chi connectivity index (χ0v) is 18.7. The molecular formula is C24H28N4O5. The highest BCUT2D eigenvalue weighted by molar-refractivity contribution is 5.91. The number of nitrogens with one attached hydrogen (secondary N) is 2. The van der Waals surface area contributed by atoms with Crippen molar-refractivity contribution in [2.75, 3.05) is 31.0 Å². The lowest BCUT2D eigenvalue weighted by atomic mass is 10.3. The lowest BCUT2D eigenvalue weighted by molar-refractivity contribution is -0.117. The van der Waals surface area contributed by atoms with Crippen LogP contribution < -0.4 is 24.8 Å². The van der Waals surface area contributed by atoms with Gasteiger partial charge >= 0.3 is 0 Å². The minimum Gasteiger partial charge on any atom is -0.497 e. The number of amides is 2. The molecule has 2 N–H and O–H groups in total. The van der Waals surface area contributed by atoms with Crippen molar-refractivity contribution in [3.05, 3.63) is 60.9 Å². The molecule has 3 rings (SSSR count). The quantitative estimate of drug-likeness (QED) is 0.406. The molecule has 0 aliphatic heterocycles. The van der Waals surface area contributed by atoms with E-state index in [4.69, 9.17) is 14.2 Å². The van der Waals surface area contributed by atoms with Gasteiger partial charge in [-0.1, -0.05) is 12.1 Å². The summed E-state index contributed by atoms with van der Waals surface area (Å²) in [5, 5.41) is 9.69. The van der Waals surface area contributed by atoms with Crippen LogP contribution in [0.5, 0.6) is 17.2 Å². The van der Waals surface area contributed by atoms with Crippen molar-refractivity contribution in [2.45, 2.75) is 26.3 Å². The lowest BCUT2D eigenvalue weighted by Crippen LogP contribution is -2.19. The van der Waals surface area contributed by atoms with Gasteiger partial charge in [-0.2, -0.15) is 5.10 Å². The maximum absolute atomic E-state index is 12.2. The Bertz CT molecular complexity index is 1050. The van der Waals surface area contributed by atoms with E-state index in [0.29, 0.717) is 54.7 Å². The number of ether oxygens (including phenoxy) is 3. The lowest BCUT2D eigenvalue weighted by Gasteiger charge is -2.11. The molecule has 1 heterocycles. The predicted octanol–water partition coefficient (Wildman–Crippen LogP) is 3.73. The number of methoxy groups -OCH3 is 1. The average Bonchev–Trinajstić information content (AvgIpc) is 3.24. The van der Waals surface area contributed by atoms with Gasteiger partial charge in [0.15, 0.2) is 11.5 Å². The molecule has 1 aromatic heterocycles. The fraction of sp³-hybridized carbons (Fsp3) is 0.292. The van der Waals surface area contributed by atoms with Gasteiger partial charge in [-0.25, -0.2) is 0 Å². The van der Waals surface area contributed by atoms with Crippen molar-refractivity contribution in [1.29, 1.82) is 0 Å². The molecule has 0 aliphatic rings. The molecule has 9 nitrogen and oxygen atoms in total. The number of para-hydroxylation sites is 2. The van der Waals surface area contributed by atoms with E-state index < -0.39 is 0 Å². The third-order valence-corrected chi connectivity index (χ3v) is 4.55. The highest BCUT2D eigenvalue weighted by atomic mass is 16.5. The second-order valence-corrected chi connectivity index (χ2v) is 7.08. The fourth-order valence-corrected chi connectivity index (χ4v) is 3.02. The predicted molar refractivity (Wildman–Crippen MR) is 125 cm³/mol. The molecule has 0 unspecified atom stereocenters. The third-order valence-electron chi connectivity index (χ3n) is 4.55. The van der Waals surface area contributed by atoms with E-state index in [1.54, 1.807) is 37.6 Å². The number of hydrogen-bond donors (Lipinski definition) is 2. The molecule has 0 saturated carbocycles. The van der Waals surface area contributed by atoms with Crippen molar-refractivity contribution in [3.8, 4) is 17.2 Å². The summed E-state index contributed by atoms with van der Waals surface area (Å²) in [6.07, 6.45) is 3.96. The Kier molecular flexibility index (Phi) is 8.70. The number of nitrogens with zero attached hydrogens (tertiary/aromatic N) is 2. The Hall–Kier alpha value is -4.01. The summed E-state index contributed by atoms with van der Waals surface area (Å²) in [4.78, 5) is 24.4. The van der Waals surface area contributed by atoms with Crippen molar-refractivity contribution >= 4 is 23.2 Å². The summed E-state index contributed by atoms with van der Waals surface area (Å²) in [5.74, 6) is 1.67. The molecule has 0 aliphatic carbocycles. The summed E-state index contributed by atoms with van der Waals surface area (Å²) in [6, 6.07) is 14.5. The smallest absolute Gasteiger partial charge is 0.246 e. The van der Waals surface area contributed by atoms with E-state index in [1.165, 1.54) is 10.9 Å². The molecule has 3 aromatic rings. The summed E-state index contributed by atoms with van der Waals surface area (Å²) in [6.45, 7) is 2.88. The monoisotopic (exact) mass is 452 g/mol. The van der Waals surface area contributed by atoms with Crippen LogP contribution in [0.2, 0.25) is 0 Å². The Labute approximate surface area is 192 Å². The molecule has 9 heteroatoms. The van der Waals surface area contributed by atoms with Crippen LogP contribution in [0.15, 0.2) is 60.9 Å². The normalized spacial score (nSPS) is 10.4. The van der Waals surface area contributed by atoms with Crippen LogP contribution in [0.25, 0.3) is 0 Å². The number of benzene rings is 2. The van der Waals surface area contributed by atoms with Crippen molar-refractivity contribution in [2.24, 2.45) is 0 Å². The Morgan fingerprint density at radius 3 is 2.33 bits per heavy atom. The number of rotatable bonds is 12. The number of aromatic nitrogens is 2. The molecule has 0 fully saturated rings. The van der Waals surface area contributed by atoms with E-state index in [9.17, 15) is 9.59 Å². The molecule has 2 amide bonds. The van der Waals surface area contributed by atoms with Crippen LogP contribution >= 0.6 is 0 Å². The first-order chi connectivity index (χ1) is 16.1. The van der Waals surface area contributed by atoms with Crippen LogP contribution in [0.4, 0.5) is 11.4 Å². The first-order valence-corrected chi connectivity index (χ1v) is 10.7. The van der Waals surface area contributed by atoms with E-state index in [2.05, 4.69) is 15.7 Å². The Balaban J connectivity index is 1.38. The SMILES string of the molecule is CCOc1ccccc1OCCCC(=O)Nc1cnn(CC(=O)Nc2ccc(OC)cc2)c1. The maximum Gasteiger partial charge on any atom is 0.246 e. The first kappa shape index (κ1) is 23.6. The molecule has 174 valence electrons. The molecule has 0 radical (unpaired) electrons. The standard InChI is InChI=1S/C24H28N4O5/c1-3-32-21-7-4-5-8-22(21)33-14-6-9-23(29)27-19-15-25-28(16-19)17-24(30)26-18-10-12-20(31-2)13-11-18/h4-5,7-8,10-13,15-16H,3,6,9,14,17H2,1-2H3,(H,26,30)(H,27,29). The second-order valence-electron chi connectivity index (χ2n) is 7.08. The zero-order valence-electron chi connectivity index (χ0n) is 18.7. The minimum absolute atomic E-state index is 0.0228. The number of carbonyl (C=O) groups is 2. The molecule has 33 heavy (non-hydrogen) atoms. The molecule has 0 bridgehead atoms. The second kappa shape index (κ2) is 12.1. The van der Waals surface area contributed by atoms with Gasteiger partial charge in [0.05, 0.1) is 32.2 Å². The topological polar surface area (TPSA) is 104 Å². The van der Waals surface area contributed by atoms with Crippen LogP contribution in [-0.4, -0.2) is 41.9 Å². The summed E-state index contributed by atoms with van der Waals surface area (Å²) >= 11 is 0. The number of carbonyl (C=O) groups excluding carboxylic acids is 2. The first-order valence-electron chi connectivity index (χ1n) is 10.7. The Morgan fingerprint density at radius 2 is 1.64 bits per heavy atom. The van der Waals surface area contributed by atoms with Crippen LogP contribution in [0.3, 0.4) is 0 Å². The van der Waals surface area contributed by atoms with Crippen LogP contribution in [0.1, 0.15) is 19.8 Å². The summed E-state index contributed by atoms with van der Waals surface area (Å²) in [7, 11) is 1.58. The average molecular weight is 453 g/mol.